The lowest BCUT2D eigenvalue weighted by Crippen LogP contribution is -2.59. The Morgan fingerprint density at radius 1 is 0.822 bits per heavy atom. The summed E-state index contributed by atoms with van der Waals surface area (Å²) in [4.78, 5) is 49.5. The average Bonchev–Trinajstić information content (AvgIpc) is 3.37. The van der Waals surface area contributed by atoms with Gasteiger partial charge in [0.15, 0.2) is 0 Å². The first-order chi connectivity index (χ1) is 21.9. The van der Waals surface area contributed by atoms with Crippen LogP contribution in [0.1, 0.15) is 50.7 Å². The molecule has 2 saturated heterocycles. The Morgan fingerprint density at radius 2 is 1.49 bits per heavy atom. The number of nitrogens with zero attached hydrogens (tertiary/aromatic N) is 3. The molecule has 238 valence electrons. The van der Waals surface area contributed by atoms with Gasteiger partial charge in [0.05, 0.1) is 30.1 Å². The van der Waals surface area contributed by atoms with Crippen LogP contribution >= 0.6 is 0 Å². The maximum Gasteiger partial charge on any atom is 0.249 e. The number of ether oxygens (including phenoxy) is 1. The second-order valence-electron chi connectivity index (χ2n) is 12.9. The molecule has 8 heteroatoms. The molecule has 1 N–H and O–H groups in total. The fourth-order valence-corrected chi connectivity index (χ4v) is 8.03. The predicted octanol–water partition coefficient (Wildman–Crippen LogP) is 4.14. The van der Waals surface area contributed by atoms with Crippen LogP contribution < -0.4 is 0 Å². The average molecular weight is 612 g/mol. The highest BCUT2D eigenvalue weighted by molar-refractivity contribution is 6.00. The van der Waals surface area contributed by atoms with Crippen molar-refractivity contribution in [3.05, 3.63) is 96.1 Å². The van der Waals surface area contributed by atoms with Crippen LogP contribution in [0.25, 0.3) is 0 Å². The molecule has 2 aromatic carbocycles. The Morgan fingerprint density at radius 3 is 2.16 bits per heavy atom. The van der Waals surface area contributed by atoms with E-state index in [1.165, 1.54) is 0 Å². The number of benzene rings is 2. The smallest absolute Gasteiger partial charge is 0.249 e. The summed E-state index contributed by atoms with van der Waals surface area (Å²) in [5, 5.41) is 10.8. The summed E-state index contributed by atoms with van der Waals surface area (Å²) in [6.45, 7) is 5.60. The van der Waals surface area contributed by atoms with E-state index >= 15 is 0 Å². The second-order valence-corrected chi connectivity index (χ2v) is 12.9. The molecular formula is C37H45N3O5. The van der Waals surface area contributed by atoms with Crippen LogP contribution in [-0.2, 0) is 32.1 Å². The molecule has 4 aliphatic heterocycles. The molecule has 0 aliphatic carbocycles. The number of rotatable bonds is 11. The van der Waals surface area contributed by atoms with Crippen molar-refractivity contribution in [1.29, 1.82) is 0 Å². The van der Waals surface area contributed by atoms with Crippen LogP contribution in [0.3, 0.4) is 0 Å². The third-order valence-corrected chi connectivity index (χ3v) is 10.2. The number of unbranched alkanes of at least 4 members (excludes halogenated alkanes) is 2. The molecule has 3 amide bonds. The normalized spacial score (nSPS) is 29.8. The number of aliphatic hydroxyl groups is 1. The highest BCUT2D eigenvalue weighted by Gasteiger charge is 2.75. The Bertz CT molecular complexity index is 1440. The minimum absolute atomic E-state index is 0.143. The molecule has 8 nitrogen and oxygen atoms in total. The van der Waals surface area contributed by atoms with Gasteiger partial charge in [-0.05, 0) is 30.4 Å². The molecule has 1 spiro atoms. The minimum atomic E-state index is -1.34. The van der Waals surface area contributed by atoms with Gasteiger partial charge in [0, 0.05) is 26.2 Å². The zero-order chi connectivity index (χ0) is 31.6. The molecule has 4 aliphatic rings. The fourth-order valence-electron chi connectivity index (χ4n) is 8.03. The lowest BCUT2D eigenvalue weighted by Gasteiger charge is -2.41. The summed E-state index contributed by atoms with van der Waals surface area (Å²) >= 11 is 0. The van der Waals surface area contributed by atoms with E-state index in [2.05, 4.69) is 6.92 Å². The first-order valence-electron chi connectivity index (χ1n) is 16.5. The summed E-state index contributed by atoms with van der Waals surface area (Å²) in [5.41, 5.74) is -0.417. The second kappa shape index (κ2) is 12.9. The monoisotopic (exact) mass is 611 g/mol. The summed E-state index contributed by atoms with van der Waals surface area (Å²) < 4.78 is 7.12. The van der Waals surface area contributed by atoms with Gasteiger partial charge in [-0.2, -0.15) is 0 Å². The Kier molecular flexibility index (Phi) is 8.98. The van der Waals surface area contributed by atoms with Crippen LogP contribution in [0, 0.1) is 11.8 Å². The molecule has 1 unspecified atom stereocenters. The Hall–Kier alpha value is -3.75. The van der Waals surface area contributed by atoms with Crippen molar-refractivity contribution in [2.24, 2.45) is 11.8 Å². The first-order valence-corrected chi connectivity index (χ1v) is 16.5. The minimum Gasteiger partial charge on any atom is -0.394 e. The van der Waals surface area contributed by atoms with Crippen molar-refractivity contribution in [2.45, 2.75) is 75.8 Å². The topological polar surface area (TPSA) is 90.4 Å². The fraction of sp³-hybridized carbons (Fsp3) is 0.486. The third kappa shape index (κ3) is 5.42. The number of amides is 3. The van der Waals surface area contributed by atoms with E-state index in [0.717, 1.165) is 30.4 Å². The SMILES string of the molecule is CCCCCN1CC=C[C@]23O[C@]4(CC)C=CCN(Cc5ccccc5)C(=O)[C@@H]4[C@H]2C(=O)N([C@@H](CO)Cc2ccccc2)C3C1=O. The van der Waals surface area contributed by atoms with Gasteiger partial charge < -0.3 is 24.5 Å². The van der Waals surface area contributed by atoms with Crippen LogP contribution in [0.2, 0.25) is 0 Å². The third-order valence-electron chi connectivity index (χ3n) is 10.2. The number of hydrogen-bond donors (Lipinski definition) is 1. The lowest BCUT2D eigenvalue weighted by atomic mass is 9.73. The van der Waals surface area contributed by atoms with E-state index < -0.39 is 35.1 Å². The molecule has 0 bridgehead atoms. The molecule has 0 aromatic heterocycles. The van der Waals surface area contributed by atoms with Crippen molar-refractivity contribution >= 4 is 17.7 Å². The number of hydrogen-bond acceptors (Lipinski definition) is 5. The largest absolute Gasteiger partial charge is 0.394 e. The number of carbonyl (C=O) groups is 3. The Balaban J connectivity index is 1.44. The van der Waals surface area contributed by atoms with Crippen molar-refractivity contribution < 1.29 is 24.2 Å². The van der Waals surface area contributed by atoms with E-state index in [4.69, 9.17) is 4.74 Å². The number of fused-ring (bicyclic) bond motifs is 2. The molecule has 6 rings (SSSR count). The molecule has 4 heterocycles. The lowest BCUT2D eigenvalue weighted by molar-refractivity contribution is -0.157. The van der Waals surface area contributed by atoms with E-state index in [-0.39, 0.29) is 24.3 Å². The van der Waals surface area contributed by atoms with Crippen molar-refractivity contribution in [2.75, 3.05) is 26.2 Å². The first kappa shape index (κ1) is 31.2. The van der Waals surface area contributed by atoms with Gasteiger partial charge in [-0.3, -0.25) is 14.4 Å². The van der Waals surface area contributed by atoms with Gasteiger partial charge in [-0.25, -0.2) is 0 Å². The van der Waals surface area contributed by atoms with Crippen molar-refractivity contribution in [3.63, 3.8) is 0 Å². The predicted molar refractivity (Wildman–Crippen MR) is 172 cm³/mol. The standard InChI is InChI=1S/C37H45N3O5/c1-3-5-12-21-38-22-14-20-37-31(34(43)40(32(37)35(38)44)29(26-41)24-27-15-8-6-9-16-27)30-33(42)39(25-28-17-10-7-11-18-28)23-13-19-36(30,4-2)45-37/h6-11,13-20,29-32,41H,3-5,12,21-26H2,1-2H3/t29-,30+,31+,32?,36-,37+/m1/s1. The van der Waals surface area contributed by atoms with Gasteiger partial charge in [0.1, 0.15) is 11.6 Å². The van der Waals surface area contributed by atoms with E-state index in [1.807, 2.05) is 96.8 Å². The zero-order valence-corrected chi connectivity index (χ0v) is 26.4. The van der Waals surface area contributed by atoms with Crippen LogP contribution in [0.15, 0.2) is 85.0 Å². The quantitative estimate of drug-likeness (QED) is 0.305. The van der Waals surface area contributed by atoms with Crippen LogP contribution in [0.4, 0.5) is 0 Å². The number of aliphatic hydroxyl groups excluding tert-OH is 1. The number of carbonyl (C=O) groups excluding carboxylic acids is 3. The van der Waals surface area contributed by atoms with E-state index in [9.17, 15) is 19.5 Å². The summed E-state index contributed by atoms with van der Waals surface area (Å²) in [6.07, 6.45) is 11.5. The molecule has 0 saturated carbocycles. The molecule has 0 radical (unpaired) electrons. The summed E-state index contributed by atoms with van der Waals surface area (Å²) in [7, 11) is 0. The Labute approximate surface area is 266 Å². The molecule has 6 atom stereocenters. The summed E-state index contributed by atoms with van der Waals surface area (Å²) in [6, 6.07) is 17.9. The highest BCUT2D eigenvalue weighted by atomic mass is 16.5. The van der Waals surface area contributed by atoms with Gasteiger partial charge in [0.2, 0.25) is 17.7 Å². The molecular weight excluding hydrogens is 566 g/mol. The number of likely N-dealkylation sites (tertiary alicyclic amines) is 1. The maximum atomic E-state index is 14.9. The van der Waals surface area contributed by atoms with Crippen LogP contribution in [0.5, 0.6) is 0 Å². The molecule has 2 fully saturated rings. The zero-order valence-electron chi connectivity index (χ0n) is 26.4. The van der Waals surface area contributed by atoms with E-state index in [1.54, 1.807) is 9.80 Å². The van der Waals surface area contributed by atoms with Gasteiger partial charge in [0.25, 0.3) is 0 Å². The summed E-state index contributed by atoms with van der Waals surface area (Å²) in [5.74, 6) is -2.34. The molecule has 2 aromatic rings. The molecule has 45 heavy (non-hydrogen) atoms. The maximum absolute atomic E-state index is 14.9. The van der Waals surface area contributed by atoms with Gasteiger partial charge in [-0.15, -0.1) is 0 Å². The van der Waals surface area contributed by atoms with Gasteiger partial charge >= 0.3 is 0 Å². The highest BCUT2D eigenvalue weighted by Crippen LogP contribution is 2.59. The van der Waals surface area contributed by atoms with Gasteiger partial charge in [-0.1, -0.05) is 112 Å². The van der Waals surface area contributed by atoms with E-state index in [0.29, 0.717) is 39.0 Å². The van der Waals surface area contributed by atoms with Crippen molar-refractivity contribution in [1.82, 2.24) is 14.7 Å². The van der Waals surface area contributed by atoms with Crippen molar-refractivity contribution in [3.8, 4) is 0 Å². The van der Waals surface area contributed by atoms with Crippen LogP contribution in [-0.4, -0.2) is 87.1 Å².